The van der Waals surface area contributed by atoms with Crippen LogP contribution in [0.5, 0.6) is 11.5 Å². The molecule has 2 amide bonds. The van der Waals surface area contributed by atoms with E-state index in [4.69, 9.17) is 9.84 Å². The fraction of sp³-hybridized carbons (Fsp3) is 0.280. The summed E-state index contributed by atoms with van der Waals surface area (Å²) in [6, 6.07) is 27.4. The summed E-state index contributed by atoms with van der Waals surface area (Å²) in [4.78, 5) is 96.2. The summed E-state index contributed by atoms with van der Waals surface area (Å²) in [5.74, 6) is -3.59. The summed E-state index contributed by atoms with van der Waals surface area (Å²) >= 11 is 0. The molecule has 356 valence electrons. The number of esters is 1. The van der Waals surface area contributed by atoms with Crippen LogP contribution in [0.4, 0.5) is 34.1 Å². The molecule has 0 aliphatic heterocycles. The highest BCUT2D eigenvalue weighted by Crippen LogP contribution is 2.34. The molecule has 0 saturated heterocycles. The number of aromatic hydroxyl groups is 2. The molecule has 0 saturated carbocycles. The van der Waals surface area contributed by atoms with Gasteiger partial charge >= 0.3 is 11.9 Å². The van der Waals surface area contributed by atoms with Crippen molar-refractivity contribution in [1.82, 2.24) is 10.6 Å². The predicted molar refractivity (Wildman–Crippen MR) is 259 cm³/mol. The molecule has 6 rings (SSSR count). The number of para-hydroxylation sites is 2. The zero-order valence-electron chi connectivity index (χ0n) is 38.2. The van der Waals surface area contributed by atoms with E-state index in [0.717, 1.165) is 11.1 Å². The van der Waals surface area contributed by atoms with Crippen LogP contribution in [0.2, 0.25) is 0 Å². The van der Waals surface area contributed by atoms with Gasteiger partial charge in [-0.1, -0.05) is 86.6 Å². The van der Waals surface area contributed by atoms with Crippen molar-refractivity contribution in [3.8, 4) is 11.5 Å². The smallest absolute Gasteiger partial charge is 0.308 e. The molecule has 6 aromatic rings. The minimum atomic E-state index is -1.06. The normalized spacial score (nSPS) is 11.9. The van der Waals surface area contributed by atoms with E-state index in [9.17, 15) is 48.6 Å². The van der Waals surface area contributed by atoms with E-state index < -0.39 is 56.8 Å². The third-order valence-corrected chi connectivity index (χ3v) is 10.4. The molecule has 0 bridgehead atoms. The number of aliphatic carboxylic acids is 1. The van der Waals surface area contributed by atoms with E-state index in [1.807, 2.05) is 74.5 Å². The number of carbonyl (C=O) groups is 4. The fourth-order valence-corrected chi connectivity index (χ4v) is 6.93. The number of carboxylic acid groups (broad SMARTS) is 1. The Morgan fingerprint density at radius 2 is 0.926 bits per heavy atom. The first kappa shape index (κ1) is 50.7. The molecule has 0 aliphatic carbocycles. The van der Waals surface area contributed by atoms with E-state index in [0.29, 0.717) is 12.8 Å². The number of anilines is 6. The lowest BCUT2D eigenvalue weighted by molar-refractivity contribution is -0.154. The lowest BCUT2D eigenvalue weighted by Crippen LogP contribution is -2.37. The number of hydrogen-bond acceptors (Lipinski definition) is 15. The van der Waals surface area contributed by atoms with Gasteiger partial charge < -0.3 is 52.0 Å². The van der Waals surface area contributed by atoms with Crippen LogP contribution >= 0.6 is 0 Å². The first-order valence-corrected chi connectivity index (χ1v) is 21.8. The summed E-state index contributed by atoms with van der Waals surface area (Å²) in [6.07, 6.45) is 1.05. The highest BCUT2D eigenvalue weighted by Gasteiger charge is 2.27. The van der Waals surface area contributed by atoms with Gasteiger partial charge in [0.25, 0.3) is 33.5 Å². The molecule has 0 radical (unpaired) electrons. The topological polar surface area (TPSA) is 279 Å². The van der Waals surface area contributed by atoms with Crippen LogP contribution in [0.3, 0.4) is 0 Å². The third kappa shape index (κ3) is 12.7. The van der Waals surface area contributed by atoms with Gasteiger partial charge in [0.2, 0.25) is 0 Å². The molecule has 68 heavy (non-hydrogen) atoms. The average Bonchev–Trinajstić information content (AvgIpc) is 3.31. The Labute approximate surface area is 390 Å². The number of phenols is 2. The Bertz CT molecular complexity index is 2900. The van der Waals surface area contributed by atoms with Crippen LogP contribution in [0.15, 0.2) is 116 Å². The quantitative estimate of drug-likeness (QED) is 0.0232. The molecule has 2 atom stereocenters. The number of carbonyl (C=O) groups excluding carboxylic acids is 3. The van der Waals surface area contributed by atoms with Gasteiger partial charge in [-0.3, -0.25) is 38.4 Å². The van der Waals surface area contributed by atoms with Gasteiger partial charge in [0, 0.05) is 13.1 Å². The van der Waals surface area contributed by atoms with Crippen LogP contribution in [0, 0.1) is 0 Å². The van der Waals surface area contributed by atoms with Gasteiger partial charge in [0.1, 0.15) is 28.4 Å². The summed E-state index contributed by atoms with van der Waals surface area (Å²) in [7, 11) is 0. The van der Waals surface area contributed by atoms with Crippen LogP contribution in [-0.2, 0) is 14.3 Å². The molecule has 0 aromatic heterocycles. The number of ether oxygens (including phenoxy) is 1. The van der Waals surface area contributed by atoms with Crippen LogP contribution in [0.1, 0.15) is 104 Å². The average molecular weight is 931 g/mol. The van der Waals surface area contributed by atoms with Gasteiger partial charge in [-0.05, 0) is 69.0 Å². The second kappa shape index (κ2) is 22.8. The summed E-state index contributed by atoms with van der Waals surface area (Å²) < 4.78 is 5.20. The van der Waals surface area contributed by atoms with E-state index in [2.05, 4.69) is 31.9 Å². The number of rotatable bonds is 20. The molecule has 0 fully saturated rings. The number of hydrogen-bond donors (Lipinski definition) is 9. The molecular weight excluding hydrogens is 877 g/mol. The molecule has 0 aliphatic rings. The Morgan fingerprint density at radius 1 is 0.544 bits per heavy atom. The number of carboxylic acids is 1. The monoisotopic (exact) mass is 930 g/mol. The molecule has 18 nitrogen and oxygen atoms in total. The number of amides is 2. The van der Waals surface area contributed by atoms with Crippen molar-refractivity contribution >= 4 is 57.9 Å². The first-order valence-electron chi connectivity index (χ1n) is 21.8. The third-order valence-electron chi connectivity index (χ3n) is 10.4. The molecule has 0 unspecified atom stereocenters. The largest absolute Gasteiger partial charge is 0.505 e. The standard InChI is InChI=1S/C27H31N3O6.C23H23N3O6/c1-5-18(16-10-7-6-8-11-16)29-21-22(25(34)24(21)33)30-19-13-9-12-17(23(19)32)26(35)28-15-14-20(31)36-27(2,3)4;1-2-15(13-7-4-3-5-8-13)25-18-19(22(31)21(18)30)26-16-10-6-9-14(20(16)29)23(32)24-12-11-17(27)28/h6-13,18,29-30,32H,5,14-15H2,1-4H3,(H,28,35);3-10,15,25-26,29H,2,11-12H2,1H3,(H,24,32)(H,27,28)/t18-;15-/m11/s1. The lowest BCUT2D eigenvalue weighted by Gasteiger charge is -2.22. The molecule has 18 heteroatoms. The number of benzene rings is 4. The van der Waals surface area contributed by atoms with Gasteiger partial charge in [-0.25, -0.2) is 0 Å². The first-order chi connectivity index (χ1) is 32.3. The Kier molecular flexibility index (Phi) is 17.0. The molecule has 6 aromatic carbocycles. The highest BCUT2D eigenvalue weighted by molar-refractivity contribution is 6.00. The van der Waals surface area contributed by atoms with Crippen LogP contribution in [0.25, 0.3) is 0 Å². The number of phenolic OH excluding ortho intramolecular Hbond substituents is 2. The van der Waals surface area contributed by atoms with Crippen molar-refractivity contribution in [3.05, 3.63) is 160 Å². The summed E-state index contributed by atoms with van der Waals surface area (Å²) in [6.45, 7) is 9.08. The van der Waals surface area contributed by atoms with E-state index in [1.165, 1.54) is 36.4 Å². The number of nitrogens with one attached hydrogen (secondary N) is 6. The summed E-state index contributed by atoms with van der Waals surface area (Å²) in [5.41, 5.74) is -1.18. The Morgan fingerprint density at radius 3 is 1.29 bits per heavy atom. The van der Waals surface area contributed by atoms with Gasteiger partial charge in [0.15, 0.2) is 11.5 Å². The Balaban J connectivity index is 0.000000256. The molecule has 0 spiro atoms. The van der Waals surface area contributed by atoms with E-state index in [1.54, 1.807) is 20.8 Å². The lowest BCUT2D eigenvalue weighted by atomic mass is 10.0. The van der Waals surface area contributed by atoms with Crippen LogP contribution < -0.4 is 53.6 Å². The van der Waals surface area contributed by atoms with Crippen molar-refractivity contribution in [1.29, 1.82) is 0 Å². The van der Waals surface area contributed by atoms with E-state index in [-0.39, 0.29) is 89.0 Å². The predicted octanol–water partition coefficient (Wildman–Crippen LogP) is 6.26. The van der Waals surface area contributed by atoms with Crippen molar-refractivity contribution in [2.24, 2.45) is 0 Å². The maximum Gasteiger partial charge on any atom is 0.308 e. The molecule has 0 heterocycles. The fourth-order valence-electron chi connectivity index (χ4n) is 6.93. The zero-order chi connectivity index (χ0) is 49.7. The minimum Gasteiger partial charge on any atom is -0.505 e. The van der Waals surface area contributed by atoms with Crippen molar-refractivity contribution in [2.75, 3.05) is 34.4 Å². The van der Waals surface area contributed by atoms with Crippen molar-refractivity contribution in [2.45, 2.75) is 78.0 Å². The zero-order valence-corrected chi connectivity index (χ0v) is 38.2. The second-order valence-electron chi connectivity index (χ2n) is 16.5. The molecular formula is C50H54N6O12. The minimum absolute atomic E-state index is 0.00289. The molecule has 9 N–H and O–H groups in total. The van der Waals surface area contributed by atoms with Crippen molar-refractivity contribution < 1.29 is 39.2 Å². The van der Waals surface area contributed by atoms with Crippen LogP contribution in [-0.4, -0.2) is 57.8 Å². The van der Waals surface area contributed by atoms with Gasteiger partial charge in [-0.2, -0.15) is 0 Å². The second-order valence-corrected chi connectivity index (χ2v) is 16.5. The van der Waals surface area contributed by atoms with Gasteiger partial charge in [-0.15, -0.1) is 0 Å². The highest BCUT2D eigenvalue weighted by atomic mass is 16.6. The van der Waals surface area contributed by atoms with Gasteiger partial charge in [0.05, 0.1) is 47.4 Å². The Hall–Kier alpha value is -8.28. The van der Waals surface area contributed by atoms with Crippen molar-refractivity contribution in [3.63, 3.8) is 0 Å². The maximum absolute atomic E-state index is 12.6. The maximum atomic E-state index is 12.6. The van der Waals surface area contributed by atoms with E-state index >= 15 is 0 Å². The SMILES string of the molecule is CC[C@@H](Nc1c(Nc2cccc(C(=O)NCCC(=O)O)c2O)c(=O)c1=O)c1ccccc1.CC[C@@H](Nc1c(Nc2cccc(C(=O)NCCC(=O)OC(C)(C)C)c2O)c(=O)c1=O)c1ccccc1. The summed E-state index contributed by atoms with van der Waals surface area (Å²) in [5, 5.41) is 46.6.